The zero-order chi connectivity index (χ0) is 14.5. The van der Waals surface area contributed by atoms with Gasteiger partial charge >= 0.3 is 0 Å². The fourth-order valence-corrected chi connectivity index (χ4v) is 1.82. The number of nitrogens with zero attached hydrogens (tertiary/aromatic N) is 1. The first-order chi connectivity index (χ1) is 9.63. The van der Waals surface area contributed by atoms with Crippen molar-refractivity contribution in [3.63, 3.8) is 0 Å². The summed E-state index contributed by atoms with van der Waals surface area (Å²) in [5.41, 5.74) is 2.14. The smallest absolute Gasteiger partial charge is 0.136 e. The van der Waals surface area contributed by atoms with Gasteiger partial charge in [-0.3, -0.25) is 0 Å². The topological polar surface area (TPSA) is 42.2 Å². The summed E-state index contributed by atoms with van der Waals surface area (Å²) in [6.07, 6.45) is 0. The first-order valence-corrected chi connectivity index (χ1v) is 6.10. The minimum Gasteiger partial charge on any atom is -0.495 e. The molecule has 0 spiro atoms. The Bertz CT molecular complexity index is 662. The maximum Gasteiger partial charge on any atom is 0.136 e. The first-order valence-electron chi connectivity index (χ1n) is 6.10. The quantitative estimate of drug-likeness (QED) is 0.853. The van der Waals surface area contributed by atoms with Crippen LogP contribution in [0.15, 0.2) is 36.4 Å². The van der Waals surface area contributed by atoms with Crippen molar-refractivity contribution in [3.05, 3.63) is 58.9 Å². The van der Waals surface area contributed by atoms with Crippen LogP contribution in [0, 0.1) is 24.1 Å². The van der Waals surface area contributed by atoms with Crippen molar-refractivity contribution in [1.82, 2.24) is 0 Å². The van der Waals surface area contributed by atoms with Gasteiger partial charge in [-0.05, 0) is 36.2 Å². The molecule has 102 valence electrons. The molecule has 0 saturated carbocycles. The molecule has 2 rings (SSSR count). The van der Waals surface area contributed by atoms with Crippen molar-refractivity contribution in [2.75, 3.05) is 7.11 Å². The molecule has 0 N–H and O–H groups in total. The second-order valence-electron chi connectivity index (χ2n) is 4.34. The van der Waals surface area contributed by atoms with E-state index in [9.17, 15) is 4.39 Å². The van der Waals surface area contributed by atoms with Crippen molar-refractivity contribution < 1.29 is 13.9 Å². The van der Waals surface area contributed by atoms with E-state index in [-0.39, 0.29) is 12.4 Å². The number of aryl methyl sites for hydroxylation is 1. The van der Waals surface area contributed by atoms with Gasteiger partial charge in [0, 0.05) is 6.07 Å². The highest BCUT2D eigenvalue weighted by atomic mass is 19.1. The van der Waals surface area contributed by atoms with Crippen LogP contribution in [0.25, 0.3) is 0 Å². The summed E-state index contributed by atoms with van der Waals surface area (Å²) in [5.74, 6) is 0.690. The molecule has 2 aromatic carbocycles. The summed E-state index contributed by atoms with van der Waals surface area (Å²) in [4.78, 5) is 0. The van der Waals surface area contributed by atoms with Crippen LogP contribution < -0.4 is 9.47 Å². The van der Waals surface area contributed by atoms with Crippen LogP contribution in [-0.4, -0.2) is 7.11 Å². The monoisotopic (exact) mass is 271 g/mol. The van der Waals surface area contributed by atoms with E-state index in [1.54, 1.807) is 18.2 Å². The number of hydrogen-bond donors (Lipinski definition) is 0. The number of benzene rings is 2. The van der Waals surface area contributed by atoms with Crippen molar-refractivity contribution in [1.29, 1.82) is 5.26 Å². The SMILES string of the molecule is COc1ccc(COc2cc(F)ccc2C)cc1C#N. The van der Waals surface area contributed by atoms with E-state index >= 15 is 0 Å². The van der Waals surface area contributed by atoms with Crippen LogP contribution in [-0.2, 0) is 6.61 Å². The van der Waals surface area contributed by atoms with Crippen LogP contribution >= 0.6 is 0 Å². The standard InChI is InChI=1S/C16H14FNO2/c1-11-3-5-14(17)8-16(11)20-10-12-4-6-15(19-2)13(7-12)9-18/h3-8H,10H2,1-2H3. The highest BCUT2D eigenvalue weighted by Crippen LogP contribution is 2.22. The third-order valence-electron chi connectivity index (χ3n) is 2.93. The van der Waals surface area contributed by atoms with Crippen molar-refractivity contribution >= 4 is 0 Å². The van der Waals surface area contributed by atoms with Gasteiger partial charge in [-0.2, -0.15) is 5.26 Å². The average molecular weight is 271 g/mol. The van der Waals surface area contributed by atoms with E-state index in [1.165, 1.54) is 19.2 Å². The zero-order valence-corrected chi connectivity index (χ0v) is 11.3. The fourth-order valence-electron chi connectivity index (χ4n) is 1.82. The highest BCUT2D eigenvalue weighted by Gasteiger charge is 2.06. The van der Waals surface area contributed by atoms with E-state index in [0.717, 1.165) is 11.1 Å². The molecule has 0 aliphatic rings. The Kier molecular flexibility index (Phi) is 4.21. The lowest BCUT2D eigenvalue weighted by Gasteiger charge is -2.10. The molecular weight excluding hydrogens is 257 g/mol. The van der Waals surface area contributed by atoms with E-state index < -0.39 is 0 Å². The van der Waals surface area contributed by atoms with Crippen molar-refractivity contribution in [2.24, 2.45) is 0 Å². The van der Waals surface area contributed by atoms with Gasteiger partial charge in [0.1, 0.15) is 30.0 Å². The lowest BCUT2D eigenvalue weighted by atomic mass is 10.1. The van der Waals surface area contributed by atoms with E-state index in [2.05, 4.69) is 6.07 Å². The van der Waals surface area contributed by atoms with Crippen molar-refractivity contribution in [3.8, 4) is 17.6 Å². The third-order valence-corrected chi connectivity index (χ3v) is 2.93. The number of methoxy groups -OCH3 is 1. The third kappa shape index (κ3) is 3.07. The summed E-state index contributed by atoms with van der Waals surface area (Å²) < 4.78 is 23.8. The molecule has 0 saturated heterocycles. The minimum absolute atomic E-state index is 0.267. The van der Waals surface area contributed by atoms with Gasteiger partial charge < -0.3 is 9.47 Å². The number of rotatable bonds is 4. The molecule has 0 bridgehead atoms. The molecule has 0 radical (unpaired) electrons. The molecule has 0 aliphatic carbocycles. The minimum atomic E-state index is -0.335. The van der Waals surface area contributed by atoms with Gasteiger partial charge in [0.05, 0.1) is 12.7 Å². The predicted octanol–water partition coefficient (Wildman–Crippen LogP) is 3.59. The van der Waals surface area contributed by atoms with Crippen LogP contribution in [0.5, 0.6) is 11.5 Å². The number of nitriles is 1. The normalized spacial score (nSPS) is 9.90. The summed E-state index contributed by atoms with van der Waals surface area (Å²) in [5, 5.41) is 9.02. The Morgan fingerprint density at radius 2 is 1.95 bits per heavy atom. The molecule has 2 aromatic rings. The second kappa shape index (κ2) is 6.07. The van der Waals surface area contributed by atoms with Gasteiger partial charge in [-0.1, -0.05) is 12.1 Å². The lowest BCUT2D eigenvalue weighted by molar-refractivity contribution is 0.302. The van der Waals surface area contributed by atoms with Crippen LogP contribution in [0.1, 0.15) is 16.7 Å². The van der Waals surface area contributed by atoms with E-state index in [4.69, 9.17) is 14.7 Å². The second-order valence-corrected chi connectivity index (χ2v) is 4.34. The molecule has 0 unspecified atom stereocenters. The Morgan fingerprint density at radius 1 is 1.15 bits per heavy atom. The Balaban J connectivity index is 2.15. The summed E-state index contributed by atoms with van der Waals surface area (Å²) in [7, 11) is 1.52. The molecule has 0 aromatic heterocycles. The number of hydrogen-bond acceptors (Lipinski definition) is 3. The Labute approximate surface area is 117 Å². The summed E-state index contributed by atoms with van der Waals surface area (Å²) in [6, 6.07) is 11.7. The fraction of sp³-hybridized carbons (Fsp3) is 0.188. The molecular formula is C16H14FNO2. The maximum absolute atomic E-state index is 13.2. The maximum atomic E-state index is 13.2. The van der Waals surface area contributed by atoms with Gasteiger partial charge in [-0.15, -0.1) is 0 Å². The molecule has 0 atom stereocenters. The molecule has 0 amide bonds. The number of ether oxygens (including phenoxy) is 2. The number of halogens is 1. The Hall–Kier alpha value is -2.54. The zero-order valence-electron chi connectivity index (χ0n) is 11.3. The van der Waals surface area contributed by atoms with Gasteiger partial charge in [0.15, 0.2) is 0 Å². The average Bonchev–Trinajstić information content (AvgIpc) is 2.47. The lowest BCUT2D eigenvalue weighted by Crippen LogP contribution is -1.99. The molecule has 0 heterocycles. The summed E-state index contributed by atoms with van der Waals surface area (Å²) >= 11 is 0. The van der Waals surface area contributed by atoms with Crippen molar-refractivity contribution in [2.45, 2.75) is 13.5 Å². The van der Waals surface area contributed by atoms with E-state index in [1.807, 2.05) is 13.0 Å². The van der Waals surface area contributed by atoms with Crippen LogP contribution in [0.2, 0.25) is 0 Å². The van der Waals surface area contributed by atoms with Gasteiger partial charge in [0.25, 0.3) is 0 Å². The predicted molar refractivity (Wildman–Crippen MR) is 73.2 cm³/mol. The van der Waals surface area contributed by atoms with Gasteiger partial charge in [-0.25, -0.2) is 4.39 Å². The van der Waals surface area contributed by atoms with Crippen LogP contribution in [0.4, 0.5) is 4.39 Å². The molecule has 0 aliphatic heterocycles. The molecule has 0 fully saturated rings. The molecule has 3 nitrogen and oxygen atoms in total. The molecule has 4 heteroatoms. The highest BCUT2D eigenvalue weighted by molar-refractivity contribution is 5.45. The van der Waals surface area contributed by atoms with Crippen LogP contribution in [0.3, 0.4) is 0 Å². The van der Waals surface area contributed by atoms with Gasteiger partial charge in [0.2, 0.25) is 0 Å². The largest absolute Gasteiger partial charge is 0.495 e. The first kappa shape index (κ1) is 13.9. The Morgan fingerprint density at radius 3 is 2.65 bits per heavy atom. The van der Waals surface area contributed by atoms with E-state index in [0.29, 0.717) is 17.1 Å². The summed E-state index contributed by atoms with van der Waals surface area (Å²) in [6.45, 7) is 2.12. The molecule has 20 heavy (non-hydrogen) atoms.